The molecule has 0 radical (unpaired) electrons. The average Bonchev–Trinajstić information content (AvgIpc) is 3.41. The second kappa shape index (κ2) is 9.62. The lowest BCUT2D eigenvalue weighted by atomic mass is 9.95. The van der Waals surface area contributed by atoms with Gasteiger partial charge in [-0.3, -0.25) is 9.59 Å². The number of hydrogen-bond acceptors (Lipinski definition) is 5. The van der Waals surface area contributed by atoms with Crippen LogP contribution in [0.15, 0.2) is 84.6 Å². The molecule has 1 fully saturated rings. The predicted octanol–water partition coefficient (Wildman–Crippen LogP) is 4.94. The third-order valence-corrected chi connectivity index (χ3v) is 6.46. The number of fused-ring (bicyclic) bond motifs is 1. The number of Topliss-reactive ketones (excluding diaryl/α,β-unsaturated/α-hetero) is 1. The molecule has 1 atom stereocenters. The highest BCUT2D eigenvalue weighted by Crippen LogP contribution is 2.40. The molecule has 1 aromatic heterocycles. The fourth-order valence-corrected chi connectivity index (χ4v) is 4.76. The number of carbonyl (C=O) groups excluding carboxylic acids is 2. The number of aliphatic hydroxyl groups excluding tert-OH is 1. The summed E-state index contributed by atoms with van der Waals surface area (Å²) in [4.78, 5) is 31.2. The molecular weight excluding hydrogens is 456 g/mol. The van der Waals surface area contributed by atoms with Gasteiger partial charge >= 0.3 is 0 Å². The van der Waals surface area contributed by atoms with Gasteiger partial charge in [-0.1, -0.05) is 30.3 Å². The normalized spacial score (nSPS) is 17.1. The number of ketones is 1. The van der Waals surface area contributed by atoms with Gasteiger partial charge in [0.25, 0.3) is 11.7 Å². The van der Waals surface area contributed by atoms with Crippen molar-refractivity contribution >= 4 is 28.4 Å². The highest BCUT2D eigenvalue weighted by Gasteiger charge is 2.46. The van der Waals surface area contributed by atoms with Crippen LogP contribution in [0.3, 0.4) is 0 Å². The summed E-state index contributed by atoms with van der Waals surface area (Å²) in [6, 6.07) is 20.2. The van der Waals surface area contributed by atoms with Crippen molar-refractivity contribution in [2.24, 2.45) is 0 Å². The molecule has 0 bridgehead atoms. The zero-order valence-corrected chi connectivity index (χ0v) is 19.8. The van der Waals surface area contributed by atoms with E-state index in [9.17, 15) is 19.8 Å². The van der Waals surface area contributed by atoms with Crippen molar-refractivity contribution in [1.82, 2.24) is 9.88 Å². The van der Waals surface area contributed by atoms with Crippen LogP contribution in [0.4, 0.5) is 0 Å². The largest absolute Gasteiger partial charge is 0.508 e. The Kier molecular flexibility index (Phi) is 6.21. The number of aromatic amines is 1. The van der Waals surface area contributed by atoms with E-state index in [1.165, 1.54) is 17.0 Å². The number of nitrogens with zero attached hydrogens (tertiary/aromatic N) is 1. The van der Waals surface area contributed by atoms with E-state index in [0.717, 1.165) is 16.5 Å². The Morgan fingerprint density at radius 3 is 2.56 bits per heavy atom. The number of ether oxygens (including phenoxy) is 1. The Morgan fingerprint density at radius 1 is 1.03 bits per heavy atom. The van der Waals surface area contributed by atoms with Crippen LogP contribution in [0, 0.1) is 0 Å². The number of benzene rings is 3. The molecule has 3 N–H and O–H groups in total. The van der Waals surface area contributed by atoms with Crippen LogP contribution in [0.1, 0.15) is 29.7 Å². The predicted molar refractivity (Wildman–Crippen MR) is 137 cm³/mol. The molecule has 1 aliphatic rings. The summed E-state index contributed by atoms with van der Waals surface area (Å²) in [5.74, 6) is -1.06. The van der Waals surface area contributed by atoms with Crippen LogP contribution in [0.5, 0.6) is 11.5 Å². The van der Waals surface area contributed by atoms with Crippen LogP contribution in [0.2, 0.25) is 0 Å². The molecule has 36 heavy (non-hydrogen) atoms. The number of amides is 1. The van der Waals surface area contributed by atoms with Gasteiger partial charge in [0.1, 0.15) is 17.3 Å². The maximum atomic E-state index is 13.2. The summed E-state index contributed by atoms with van der Waals surface area (Å²) in [5, 5.41) is 22.4. The lowest BCUT2D eigenvalue weighted by Gasteiger charge is -2.25. The minimum Gasteiger partial charge on any atom is -0.508 e. The fraction of sp³-hybridized carbons (Fsp3) is 0.172. The smallest absolute Gasteiger partial charge is 0.295 e. The number of hydrogen-bond donors (Lipinski definition) is 3. The highest BCUT2D eigenvalue weighted by molar-refractivity contribution is 6.46. The van der Waals surface area contributed by atoms with Crippen LogP contribution < -0.4 is 4.74 Å². The molecule has 1 saturated heterocycles. The highest BCUT2D eigenvalue weighted by atomic mass is 16.5. The van der Waals surface area contributed by atoms with Gasteiger partial charge in [-0.2, -0.15) is 0 Å². The minimum absolute atomic E-state index is 0.00585. The molecule has 3 aromatic carbocycles. The molecular formula is C29H26N2O5. The van der Waals surface area contributed by atoms with Crippen LogP contribution >= 0.6 is 0 Å². The molecule has 1 aliphatic heterocycles. The van der Waals surface area contributed by atoms with Gasteiger partial charge in [0.15, 0.2) is 0 Å². The number of rotatable bonds is 7. The second-order valence-electron chi connectivity index (χ2n) is 8.65. The molecule has 7 nitrogen and oxygen atoms in total. The van der Waals surface area contributed by atoms with E-state index in [4.69, 9.17) is 4.74 Å². The number of nitrogens with one attached hydrogen (secondary N) is 1. The Bertz CT molecular complexity index is 1470. The summed E-state index contributed by atoms with van der Waals surface area (Å²) >= 11 is 0. The zero-order chi connectivity index (χ0) is 25.2. The lowest BCUT2D eigenvalue weighted by Crippen LogP contribution is -2.31. The number of para-hydroxylation sites is 1. The first-order valence-corrected chi connectivity index (χ1v) is 11.8. The standard InChI is InChI=1S/C29H26N2O5/c1-2-36-22-12-10-18(11-13-22)27(33)25-26(19-6-5-7-21(32)16-19)31(29(35)28(25)34)15-14-20-17-30-24-9-4-3-8-23(20)24/h3-13,16-17,26,30,32-33H,2,14-15H2,1H3/b27-25+. The van der Waals surface area contributed by atoms with E-state index in [2.05, 4.69) is 4.98 Å². The van der Waals surface area contributed by atoms with Crippen molar-refractivity contribution < 1.29 is 24.5 Å². The van der Waals surface area contributed by atoms with Crippen molar-refractivity contribution in [3.05, 3.63) is 101 Å². The minimum atomic E-state index is -0.839. The second-order valence-corrected chi connectivity index (χ2v) is 8.65. The van der Waals surface area contributed by atoms with Crippen molar-refractivity contribution in [2.45, 2.75) is 19.4 Å². The summed E-state index contributed by atoms with van der Waals surface area (Å²) in [5.41, 5.74) is 2.95. The van der Waals surface area contributed by atoms with Gasteiger partial charge in [-0.25, -0.2) is 0 Å². The van der Waals surface area contributed by atoms with Gasteiger partial charge in [-0.05, 0) is 66.9 Å². The summed E-state index contributed by atoms with van der Waals surface area (Å²) < 4.78 is 5.47. The molecule has 1 unspecified atom stereocenters. The van der Waals surface area contributed by atoms with E-state index in [1.54, 1.807) is 36.4 Å². The Hall–Kier alpha value is -4.52. The van der Waals surface area contributed by atoms with Gasteiger partial charge in [-0.15, -0.1) is 0 Å². The average molecular weight is 483 g/mol. The third kappa shape index (κ3) is 4.20. The molecule has 0 saturated carbocycles. The summed E-state index contributed by atoms with van der Waals surface area (Å²) in [6.45, 7) is 2.64. The topological polar surface area (TPSA) is 103 Å². The molecule has 2 heterocycles. The van der Waals surface area contributed by atoms with Gasteiger partial charge in [0.2, 0.25) is 0 Å². The Labute approximate surface area is 208 Å². The molecule has 4 aromatic rings. The maximum absolute atomic E-state index is 13.2. The van der Waals surface area contributed by atoms with E-state index < -0.39 is 17.7 Å². The summed E-state index contributed by atoms with van der Waals surface area (Å²) in [6.07, 6.45) is 2.42. The van der Waals surface area contributed by atoms with Crippen molar-refractivity contribution in [1.29, 1.82) is 0 Å². The number of aromatic hydroxyl groups is 1. The monoisotopic (exact) mass is 482 g/mol. The van der Waals surface area contributed by atoms with Crippen molar-refractivity contribution in [3.63, 3.8) is 0 Å². The number of aliphatic hydroxyl groups is 1. The fourth-order valence-electron chi connectivity index (χ4n) is 4.76. The van der Waals surface area contributed by atoms with Gasteiger partial charge in [0.05, 0.1) is 18.2 Å². The van der Waals surface area contributed by atoms with Crippen molar-refractivity contribution in [3.8, 4) is 11.5 Å². The van der Waals surface area contributed by atoms with E-state index in [-0.39, 0.29) is 23.6 Å². The molecule has 182 valence electrons. The van der Waals surface area contributed by atoms with Crippen LogP contribution in [0.25, 0.3) is 16.7 Å². The number of phenols is 1. The quantitative estimate of drug-likeness (QED) is 0.197. The van der Waals surface area contributed by atoms with Gasteiger partial charge < -0.3 is 24.8 Å². The Morgan fingerprint density at radius 2 is 1.81 bits per heavy atom. The van der Waals surface area contributed by atoms with Gasteiger partial charge in [0, 0.05) is 29.2 Å². The molecule has 5 rings (SSSR count). The molecule has 0 aliphatic carbocycles. The number of likely N-dealkylation sites (tertiary alicyclic amines) is 1. The first-order valence-electron chi connectivity index (χ1n) is 11.8. The first-order chi connectivity index (χ1) is 17.5. The SMILES string of the molecule is CCOc1ccc(/C(O)=C2\C(=O)C(=O)N(CCc3c[nH]c4ccccc34)C2c2cccc(O)c2)cc1. The number of carbonyl (C=O) groups is 2. The van der Waals surface area contributed by atoms with E-state index in [0.29, 0.717) is 29.9 Å². The first kappa shape index (κ1) is 23.2. The molecule has 0 spiro atoms. The number of phenolic OH excluding ortho intramolecular Hbond substituents is 1. The van der Waals surface area contributed by atoms with Crippen LogP contribution in [-0.2, 0) is 16.0 Å². The third-order valence-electron chi connectivity index (χ3n) is 6.46. The van der Waals surface area contributed by atoms with E-state index in [1.807, 2.05) is 37.4 Å². The van der Waals surface area contributed by atoms with Crippen molar-refractivity contribution in [2.75, 3.05) is 13.2 Å². The maximum Gasteiger partial charge on any atom is 0.295 e. The number of H-pyrrole nitrogens is 1. The molecule has 1 amide bonds. The lowest BCUT2D eigenvalue weighted by molar-refractivity contribution is -0.139. The van der Waals surface area contributed by atoms with E-state index >= 15 is 0 Å². The number of aromatic nitrogens is 1. The van der Waals surface area contributed by atoms with Crippen LogP contribution in [-0.4, -0.2) is 44.9 Å². The Balaban J connectivity index is 1.54. The zero-order valence-electron chi connectivity index (χ0n) is 19.8. The molecule has 7 heteroatoms. The summed E-state index contributed by atoms with van der Waals surface area (Å²) in [7, 11) is 0.